The van der Waals surface area contributed by atoms with E-state index in [1.54, 1.807) is 26.0 Å². The molecule has 0 bridgehead atoms. The molecule has 0 aliphatic heterocycles. The van der Waals surface area contributed by atoms with E-state index >= 15 is 0 Å². The maximum Gasteiger partial charge on any atom is 0.339 e. The first kappa shape index (κ1) is 15.9. The monoisotopic (exact) mass is 300 g/mol. The van der Waals surface area contributed by atoms with Crippen LogP contribution in [0.2, 0.25) is 0 Å². The van der Waals surface area contributed by atoms with Gasteiger partial charge in [0.05, 0.1) is 17.0 Å². The molecular weight excluding hydrogens is 280 g/mol. The number of rotatable bonds is 2. The molecule has 2 N–H and O–H groups in total. The Morgan fingerprint density at radius 3 is 2.05 bits per heavy atom. The molecule has 0 aliphatic carbocycles. The molecule has 0 amide bonds. The van der Waals surface area contributed by atoms with Gasteiger partial charge < -0.3 is 10.2 Å². The third-order valence-corrected chi connectivity index (χ3v) is 3.59. The smallest absolute Gasteiger partial charge is 0.339 e. The topological polar surface area (TPSA) is 83.3 Å². The Kier molecular flexibility index (Phi) is 3.92. The van der Waals surface area contributed by atoms with Crippen LogP contribution in [0, 0.1) is 13.8 Å². The molecule has 0 saturated heterocycles. The number of hydrogen-bond donors (Lipinski definition) is 2. The van der Waals surface area contributed by atoms with Gasteiger partial charge in [-0.25, -0.2) is 14.8 Å². The fourth-order valence-electron chi connectivity index (χ4n) is 2.33. The van der Waals surface area contributed by atoms with Gasteiger partial charge in [0.15, 0.2) is 5.82 Å². The average molecular weight is 300 g/mol. The molecule has 0 spiro atoms. The van der Waals surface area contributed by atoms with Crippen LogP contribution in [0.4, 0.5) is 0 Å². The molecule has 22 heavy (non-hydrogen) atoms. The molecule has 2 rings (SSSR count). The van der Waals surface area contributed by atoms with Gasteiger partial charge in [0.1, 0.15) is 11.3 Å². The number of aromatic nitrogens is 2. The SMILES string of the molecule is Cc1nc(-c2ccc(C(C)(C)C)cc2O)nc(C)c1C(=O)O. The quantitative estimate of drug-likeness (QED) is 0.887. The van der Waals surface area contributed by atoms with Gasteiger partial charge in [-0.1, -0.05) is 26.8 Å². The van der Waals surface area contributed by atoms with E-state index in [1.807, 2.05) is 6.07 Å². The average Bonchev–Trinajstić information content (AvgIpc) is 2.35. The first-order valence-electron chi connectivity index (χ1n) is 7.03. The van der Waals surface area contributed by atoms with Crippen molar-refractivity contribution < 1.29 is 15.0 Å². The Bertz CT molecular complexity index is 723. The van der Waals surface area contributed by atoms with Gasteiger partial charge >= 0.3 is 5.97 Å². The van der Waals surface area contributed by atoms with E-state index in [0.29, 0.717) is 22.8 Å². The molecule has 5 nitrogen and oxygen atoms in total. The van der Waals surface area contributed by atoms with Gasteiger partial charge in [-0.2, -0.15) is 0 Å². The Morgan fingerprint density at radius 2 is 1.64 bits per heavy atom. The van der Waals surface area contributed by atoms with Crippen molar-refractivity contribution in [3.8, 4) is 17.1 Å². The van der Waals surface area contributed by atoms with Gasteiger partial charge in [-0.3, -0.25) is 0 Å². The molecule has 0 fully saturated rings. The zero-order valence-electron chi connectivity index (χ0n) is 13.4. The minimum absolute atomic E-state index is 0.0735. The number of carbonyl (C=O) groups is 1. The maximum atomic E-state index is 11.2. The summed E-state index contributed by atoms with van der Waals surface area (Å²) in [4.78, 5) is 19.6. The summed E-state index contributed by atoms with van der Waals surface area (Å²) >= 11 is 0. The summed E-state index contributed by atoms with van der Waals surface area (Å²) in [6.07, 6.45) is 0. The second kappa shape index (κ2) is 5.40. The first-order chi connectivity index (χ1) is 10.1. The summed E-state index contributed by atoms with van der Waals surface area (Å²) in [5.74, 6) is -0.624. The number of aromatic hydroxyl groups is 1. The number of carboxylic acids is 1. The number of benzene rings is 1. The lowest BCUT2D eigenvalue weighted by atomic mass is 9.86. The number of phenols is 1. The molecule has 0 unspecified atom stereocenters. The summed E-state index contributed by atoms with van der Waals surface area (Å²) in [5.41, 5.74) is 2.30. The van der Waals surface area contributed by atoms with Crippen molar-refractivity contribution in [1.82, 2.24) is 9.97 Å². The van der Waals surface area contributed by atoms with Gasteiger partial charge in [-0.05, 0) is 37.0 Å². The molecule has 5 heteroatoms. The Balaban J connectivity index is 2.56. The van der Waals surface area contributed by atoms with Crippen LogP contribution in [-0.2, 0) is 5.41 Å². The maximum absolute atomic E-state index is 11.2. The highest BCUT2D eigenvalue weighted by molar-refractivity contribution is 5.90. The summed E-state index contributed by atoms with van der Waals surface area (Å²) in [5, 5.41) is 19.4. The summed E-state index contributed by atoms with van der Waals surface area (Å²) in [7, 11) is 0. The molecular formula is C17H20N2O3. The van der Waals surface area contributed by atoms with Crippen LogP contribution in [0.1, 0.15) is 48.1 Å². The molecule has 0 saturated carbocycles. The van der Waals surface area contributed by atoms with Crippen LogP contribution in [0.15, 0.2) is 18.2 Å². The van der Waals surface area contributed by atoms with E-state index in [2.05, 4.69) is 30.7 Å². The third kappa shape index (κ3) is 2.93. The van der Waals surface area contributed by atoms with Crippen molar-refractivity contribution in [2.45, 2.75) is 40.0 Å². The molecule has 0 aliphatic rings. The molecule has 1 aromatic heterocycles. The molecule has 1 aromatic carbocycles. The van der Waals surface area contributed by atoms with Crippen molar-refractivity contribution in [2.24, 2.45) is 0 Å². The van der Waals surface area contributed by atoms with Crippen LogP contribution in [0.25, 0.3) is 11.4 Å². The lowest BCUT2D eigenvalue weighted by molar-refractivity contribution is 0.0694. The van der Waals surface area contributed by atoms with E-state index in [0.717, 1.165) is 5.56 Å². The Morgan fingerprint density at radius 1 is 1.09 bits per heavy atom. The number of hydrogen-bond acceptors (Lipinski definition) is 4. The molecule has 0 radical (unpaired) electrons. The van der Waals surface area contributed by atoms with Gasteiger partial charge in [0, 0.05) is 0 Å². The van der Waals surface area contributed by atoms with Crippen LogP contribution in [0.5, 0.6) is 5.75 Å². The molecule has 2 aromatic rings. The van der Waals surface area contributed by atoms with E-state index in [-0.39, 0.29) is 16.7 Å². The number of carboxylic acid groups (broad SMARTS) is 1. The molecule has 116 valence electrons. The minimum Gasteiger partial charge on any atom is -0.507 e. The first-order valence-corrected chi connectivity index (χ1v) is 7.03. The molecule has 1 heterocycles. The zero-order valence-corrected chi connectivity index (χ0v) is 13.4. The third-order valence-electron chi connectivity index (χ3n) is 3.59. The van der Waals surface area contributed by atoms with Gasteiger partial charge in [0.25, 0.3) is 0 Å². The fourth-order valence-corrected chi connectivity index (χ4v) is 2.33. The number of aromatic carboxylic acids is 1. The highest BCUT2D eigenvalue weighted by Gasteiger charge is 2.19. The van der Waals surface area contributed by atoms with Crippen molar-refractivity contribution in [2.75, 3.05) is 0 Å². The lowest BCUT2D eigenvalue weighted by Crippen LogP contribution is -2.11. The summed E-state index contributed by atoms with van der Waals surface area (Å²) in [6.45, 7) is 9.44. The van der Waals surface area contributed by atoms with Crippen LogP contribution < -0.4 is 0 Å². The van der Waals surface area contributed by atoms with Crippen LogP contribution in [0.3, 0.4) is 0 Å². The lowest BCUT2D eigenvalue weighted by Gasteiger charge is -2.20. The highest BCUT2D eigenvalue weighted by Crippen LogP contribution is 2.32. The largest absolute Gasteiger partial charge is 0.507 e. The predicted molar refractivity (Wildman–Crippen MR) is 84.3 cm³/mol. The van der Waals surface area contributed by atoms with E-state index in [4.69, 9.17) is 5.11 Å². The Hall–Kier alpha value is -2.43. The minimum atomic E-state index is -1.05. The van der Waals surface area contributed by atoms with Gasteiger partial charge in [-0.15, -0.1) is 0 Å². The van der Waals surface area contributed by atoms with Gasteiger partial charge in [0.2, 0.25) is 0 Å². The number of aryl methyl sites for hydroxylation is 2. The van der Waals surface area contributed by atoms with E-state index in [9.17, 15) is 9.90 Å². The van der Waals surface area contributed by atoms with Crippen molar-refractivity contribution in [1.29, 1.82) is 0 Å². The highest BCUT2D eigenvalue weighted by atomic mass is 16.4. The standard InChI is InChI=1S/C17H20N2O3/c1-9-14(16(21)22)10(2)19-15(18-9)12-7-6-11(8-13(12)20)17(3,4)5/h6-8,20H,1-5H3,(H,21,22). The Labute approximate surface area is 129 Å². The predicted octanol–water partition coefficient (Wildman–Crippen LogP) is 3.46. The zero-order chi connectivity index (χ0) is 16.7. The normalized spacial score (nSPS) is 11.5. The van der Waals surface area contributed by atoms with Crippen molar-refractivity contribution >= 4 is 5.97 Å². The van der Waals surface area contributed by atoms with Crippen molar-refractivity contribution in [3.05, 3.63) is 40.7 Å². The second-order valence-corrected chi connectivity index (χ2v) is 6.38. The van der Waals surface area contributed by atoms with E-state index < -0.39 is 5.97 Å². The second-order valence-electron chi connectivity index (χ2n) is 6.38. The fraction of sp³-hybridized carbons (Fsp3) is 0.353. The van der Waals surface area contributed by atoms with Crippen LogP contribution >= 0.6 is 0 Å². The van der Waals surface area contributed by atoms with Crippen LogP contribution in [-0.4, -0.2) is 26.2 Å². The summed E-state index contributed by atoms with van der Waals surface area (Å²) < 4.78 is 0. The van der Waals surface area contributed by atoms with Crippen molar-refractivity contribution in [3.63, 3.8) is 0 Å². The number of nitrogens with zero attached hydrogens (tertiary/aromatic N) is 2. The summed E-state index contributed by atoms with van der Waals surface area (Å²) in [6, 6.07) is 5.40. The van der Waals surface area contributed by atoms with E-state index in [1.165, 1.54) is 0 Å². The number of phenolic OH excluding ortho intramolecular Hbond substituents is 1. The molecule has 0 atom stereocenters.